The van der Waals surface area contributed by atoms with Crippen LogP contribution in [0.15, 0.2) is 0 Å². The number of carbonyl (C=O) groups is 2. The van der Waals surface area contributed by atoms with Crippen molar-refractivity contribution in [2.45, 2.75) is 46.6 Å². The average Bonchev–Trinajstić information content (AvgIpc) is 1.99. The highest BCUT2D eigenvalue weighted by atomic mass is 32.1. The number of carbonyl (C=O) groups excluding carboxylic acids is 2. The van der Waals surface area contributed by atoms with Gasteiger partial charge < -0.3 is 10.1 Å². The Morgan fingerprint density at radius 2 is 1.67 bits per heavy atom. The van der Waals surface area contributed by atoms with Crippen LogP contribution in [-0.4, -0.2) is 23.4 Å². The summed E-state index contributed by atoms with van der Waals surface area (Å²) in [5, 5.41) is 1.85. The molecule has 0 spiro atoms. The number of thiol groups is 1. The van der Waals surface area contributed by atoms with Crippen molar-refractivity contribution >= 4 is 23.8 Å². The van der Waals surface area contributed by atoms with Gasteiger partial charge >= 0.3 is 6.09 Å². The van der Waals surface area contributed by atoms with Gasteiger partial charge in [-0.1, -0.05) is 20.3 Å². The molecule has 5 heteroatoms. The molecule has 0 saturated heterocycles. The fourth-order valence-electron chi connectivity index (χ4n) is 0.462. The third-order valence-corrected chi connectivity index (χ3v) is 0.941. The first kappa shape index (κ1) is 16.7. The second-order valence-electron chi connectivity index (χ2n) is 3.96. The number of hydrogen-bond donors (Lipinski definition) is 2. The van der Waals surface area contributed by atoms with Gasteiger partial charge in [0, 0.05) is 0 Å². The highest BCUT2D eigenvalue weighted by molar-refractivity contribution is 7.96. The SMILES string of the molecule is CC(C)(C)OC(=O)NCC(=O)S.CCC. The van der Waals surface area contributed by atoms with Gasteiger partial charge in [0.05, 0.1) is 6.54 Å². The van der Waals surface area contributed by atoms with Gasteiger partial charge in [-0.25, -0.2) is 4.79 Å². The second kappa shape index (κ2) is 8.59. The predicted molar refractivity (Wildman–Crippen MR) is 64.2 cm³/mol. The standard InChI is InChI=1S/C7H13NO3S.C3H8/c1-7(2,3)11-6(10)8-4-5(9)12;1-3-2/h4H2,1-3H3,(H,8,10)(H,9,12);3H2,1-2H3. The van der Waals surface area contributed by atoms with Crippen molar-refractivity contribution in [3.05, 3.63) is 0 Å². The monoisotopic (exact) mass is 235 g/mol. The molecule has 0 aliphatic carbocycles. The second-order valence-corrected chi connectivity index (χ2v) is 4.46. The van der Waals surface area contributed by atoms with Gasteiger partial charge in [0.1, 0.15) is 5.60 Å². The molecule has 0 unspecified atom stereocenters. The number of amides is 1. The lowest BCUT2D eigenvalue weighted by molar-refractivity contribution is -0.110. The van der Waals surface area contributed by atoms with E-state index in [1.165, 1.54) is 6.42 Å². The van der Waals surface area contributed by atoms with Crippen molar-refractivity contribution in [1.29, 1.82) is 0 Å². The van der Waals surface area contributed by atoms with Crippen LogP contribution < -0.4 is 5.32 Å². The zero-order chi connectivity index (χ0) is 12.5. The first-order chi connectivity index (χ1) is 6.72. The number of alkyl carbamates (subject to hydrolysis) is 1. The summed E-state index contributed by atoms with van der Waals surface area (Å²) in [7, 11) is 0. The van der Waals surface area contributed by atoms with Gasteiger partial charge in [-0.05, 0) is 20.8 Å². The Balaban J connectivity index is 0. The lowest BCUT2D eigenvalue weighted by Gasteiger charge is -2.19. The molecule has 15 heavy (non-hydrogen) atoms. The lowest BCUT2D eigenvalue weighted by atomic mass is 10.2. The molecule has 0 heterocycles. The Morgan fingerprint density at radius 1 is 1.27 bits per heavy atom. The maximum atomic E-state index is 10.8. The van der Waals surface area contributed by atoms with E-state index in [9.17, 15) is 9.59 Å². The maximum absolute atomic E-state index is 10.8. The van der Waals surface area contributed by atoms with E-state index in [1.807, 2.05) is 0 Å². The fraction of sp³-hybridized carbons (Fsp3) is 0.800. The molecule has 0 aliphatic rings. The average molecular weight is 235 g/mol. The Kier molecular flexibility index (Phi) is 9.57. The fourth-order valence-corrected chi connectivity index (χ4v) is 0.541. The molecule has 1 N–H and O–H groups in total. The summed E-state index contributed by atoms with van der Waals surface area (Å²) < 4.78 is 4.85. The molecule has 1 amide bonds. The number of hydrogen-bond acceptors (Lipinski definition) is 3. The smallest absolute Gasteiger partial charge is 0.408 e. The summed E-state index contributed by atoms with van der Waals surface area (Å²) in [4.78, 5) is 21.2. The first-order valence-corrected chi connectivity index (χ1v) is 5.36. The molecule has 0 aromatic carbocycles. The molecular weight excluding hydrogens is 214 g/mol. The van der Waals surface area contributed by atoms with Crippen molar-refractivity contribution in [2.75, 3.05) is 6.54 Å². The van der Waals surface area contributed by atoms with E-state index < -0.39 is 16.8 Å². The number of ether oxygens (including phenoxy) is 1. The van der Waals surface area contributed by atoms with Crippen molar-refractivity contribution < 1.29 is 14.3 Å². The molecule has 0 aliphatic heterocycles. The quantitative estimate of drug-likeness (QED) is 0.723. The van der Waals surface area contributed by atoms with Crippen molar-refractivity contribution in [3.8, 4) is 0 Å². The summed E-state index contributed by atoms with van der Waals surface area (Å²) in [6.07, 6.45) is 0.643. The van der Waals surface area contributed by atoms with Gasteiger partial charge in [-0.3, -0.25) is 4.79 Å². The van der Waals surface area contributed by atoms with Crippen molar-refractivity contribution in [3.63, 3.8) is 0 Å². The van der Waals surface area contributed by atoms with Gasteiger partial charge in [-0.15, -0.1) is 12.6 Å². The van der Waals surface area contributed by atoms with Crippen LogP contribution in [0.5, 0.6) is 0 Å². The van der Waals surface area contributed by atoms with Crippen LogP contribution in [0.4, 0.5) is 4.79 Å². The molecular formula is C10H21NO3S. The van der Waals surface area contributed by atoms with Crippen LogP contribution >= 0.6 is 12.6 Å². The van der Waals surface area contributed by atoms with E-state index in [0.717, 1.165) is 0 Å². The Morgan fingerprint density at radius 3 is 1.93 bits per heavy atom. The Hall–Kier alpha value is -0.710. The van der Waals surface area contributed by atoms with E-state index in [-0.39, 0.29) is 6.54 Å². The Labute approximate surface area is 97.2 Å². The summed E-state index contributed by atoms with van der Waals surface area (Å²) >= 11 is 3.47. The minimum absolute atomic E-state index is 0.113. The van der Waals surface area contributed by atoms with Gasteiger partial charge in [0.15, 0.2) is 0 Å². The van der Waals surface area contributed by atoms with Gasteiger partial charge in [-0.2, -0.15) is 0 Å². The van der Waals surface area contributed by atoms with Crippen LogP contribution in [0.25, 0.3) is 0 Å². The minimum Gasteiger partial charge on any atom is -0.444 e. The molecule has 0 bridgehead atoms. The predicted octanol–water partition coefficient (Wildman–Crippen LogP) is 2.38. The third-order valence-electron chi connectivity index (χ3n) is 0.783. The van der Waals surface area contributed by atoms with Gasteiger partial charge in [0.25, 0.3) is 0 Å². The van der Waals surface area contributed by atoms with E-state index in [1.54, 1.807) is 20.8 Å². The zero-order valence-corrected chi connectivity index (χ0v) is 11.0. The Bertz CT molecular complexity index is 199. The molecule has 0 aromatic heterocycles. The van der Waals surface area contributed by atoms with Crippen molar-refractivity contribution in [2.24, 2.45) is 0 Å². The topological polar surface area (TPSA) is 55.4 Å². The molecule has 0 aromatic rings. The first-order valence-electron chi connectivity index (χ1n) is 4.91. The summed E-state index contributed by atoms with van der Waals surface area (Å²) in [6.45, 7) is 9.37. The van der Waals surface area contributed by atoms with E-state index in [0.29, 0.717) is 0 Å². The molecule has 0 fully saturated rings. The van der Waals surface area contributed by atoms with E-state index in [2.05, 4.69) is 31.8 Å². The van der Waals surface area contributed by atoms with Crippen LogP contribution in [0, 0.1) is 0 Å². The molecule has 0 atom stereocenters. The van der Waals surface area contributed by atoms with Gasteiger partial charge in [0.2, 0.25) is 5.12 Å². The van der Waals surface area contributed by atoms with E-state index in [4.69, 9.17) is 4.74 Å². The van der Waals surface area contributed by atoms with Crippen LogP contribution in [0.1, 0.15) is 41.0 Å². The molecule has 0 radical (unpaired) electrons. The normalized spacial score (nSPS) is 9.73. The molecule has 90 valence electrons. The maximum Gasteiger partial charge on any atom is 0.408 e. The summed E-state index contributed by atoms with van der Waals surface area (Å²) in [5.41, 5.74) is -0.538. The summed E-state index contributed by atoms with van der Waals surface area (Å²) in [6, 6.07) is 0. The van der Waals surface area contributed by atoms with Crippen LogP contribution in [0.2, 0.25) is 0 Å². The largest absolute Gasteiger partial charge is 0.444 e. The molecule has 0 saturated carbocycles. The zero-order valence-electron chi connectivity index (χ0n) is 10.1. The van der Waals surface area contributed by atoms with Crippen LogP contribution in [0.3, 0.4) is 0 Å². The minimum atomic E-state index is -0.607. The third kappa shape index (κ3) is 19.6. The van der Waals surface area contributed by atoms with Crippen molar-refractivity contribution in [1.82, 2.24) is 5.32 Å². The molecule has 4 nitrogen and oxygen atoms in total. The highest BCUT2D eigenvalue weighted by Gasteiger charge is 2.15. The van der Waals surface area contributed by atoms with Crippen LogP contribution in [-0.2, 0) is 9.53 Å². The lowest BCUT2D eigenvalue weighted by Crippen LogP contribution is -2.34. The number of nitrogens with one attached hydrogen (secondary N) is 1. The summed E-state index contributed by atoms with van der Waals surface area (Å²) in [5.74, 6) is 0. The highest BCUT2D eigenvalue weighted by Crippen LogP contribution is 2.05. The van der Waals surface area contributed by atoms with E-state index >= 15 is 0 Å². The molecule has 0 rings (SSSR count). The number of rotatable bonds is 2.